The van der Waals surface area contributed by atoms with Crippen LogP contribution in [-0.2, 0) is 7.05 Å². The minimum absolute atomic E-state index is 0.379. The molecule has 0 saturated heterocycles. The molecule has 2 rings (SSSR count). The van der Waals surface area contributed by atoms with Crippen molar-refractivity contribution in [3.63, 3.8) is 0 Å². The monoisotopic (exact) mass is 219 g/mol. The molecule has 2 heterocycles. The van der Waals surface area contributed by atoms with Gasteiger partial charge in [0.2, 0.25) is 5.88 Å². The van der Waals surface area contributed by atoms with E-state index in [0.717, 1.165) is 11.4 Å². The molecule has 84 valence electrons. The number of nitrogen functional groups attached to an aromatic ring is 1. The molecule has 0 unspecified atom stereocenters. The van der Waals surface area contributed by atoms with Crippen LogP contribution in [0.4, 0.5) is 5.82 Å². The number of hydrogen-bond acceptors (Lipinski definition) is 5. The van der Waals surface area contributed by atoms with Gasteiger partial charge in [0.15, 0.2) is 5.75 Å². The van der Waals surface area contributed by atoms with E-state index in [2.05, 4.69) is 15.1 Å². The largest absolute Gasteiger partial charge is 0.435 e. The fourth-order valence-electron chi connectivity index (χ4n) is 1.42. The molecular weight excluding hydrogens is 206 g/mol. The van der Waals surface area contributed by atoms with Gasteiger partial charge in [0.1, 0.15) is 17.8 Å². The highest BCUT2D eigenvalue weighted by molar-refractivity contribution is 5.38. The first-order chi connectivity index (χ1) is 7.58. The molecule has 6 nitrogen and oxygen atoms in total. The van der Waals surface area contributed by atoms with Gasteiger partial charge in [-0.1, -0.05) is 0 Å². The molecular formula is C10H13N5O. The maximum absolute atomic E-state index is 5.63. The minimum Gasteiger partial charge on any atom is -0.435 e. The maximum atomic E-state index is 5.63. The molecule has 2 N–H and O–H groups in total. The molecule has 0 saturated carbocycles. The van der Waals surface area contributed by atoms with Crippen LogP contribution in [0, 0.1) is 13.8 Å². The van der Waals surface area contributed by atoms with Gasteiger partial charge in [-0.15, -0.1) is 0 Å². The number of nitrogens with two attached hydrogens (primary N) is 1. The van der Waals surface area contributed by atoms with Crippen LogP contribution >= 0.6 is 0 Å². The molecule has 0 bridgehead atoms. The first kappa shape index (κ1) is 10.4. The first-order valence-corrected chi connectivity index (χ1v) is 4.83. The number of anilines is 1. The van der Waals surface area contributed by atoms with Crippen molar-refractivity contribution in [1.29, 1.82) is 0 Å². The van der Waals surface area contributed by atoms with Gasteiger partial charge in [-0.3, -0.25) is 4.68 Å². The zero-order chi connectivity index (χ0) is 11.7. The summed E-state index contributed by atoms with van der Waals surface area (Å²) >= 11 is 0. The van der Waals surface area contributed by atoms with Crippen molar-refractivity contribution in [3.05, 3.63) is 23.8 Å². The Bertz CT molecular complexity index is 520. The van der Waals surface area contributed by atoms with Crippen molar-refractivity contribution >= 4 is 5.82 Å². The number of rotatable bonds is 2. The lowest BCUT2D eigenvalue weighted by Crippen LogP contribution is -1.95. The maximum Gasteiger partial charge on any atom is 0.224 e. The Labute approximate surface area is 93.1 Å². The highest BCUT2D eigenvalue weighted by Gasteiger charge is 2.12. The predicted molar refractivity (Wildman–Crippen MR) is 59.2 cm³/mol. The molecule has 0 aromatic carbocycles. The van der Waals surface area contributed by atoms with Gasteiger partial charge in [0.25, 0.3) is 0 Å². The Hall–Kier alpha value is -2.11. The van der Waals surface area contributed by atoms with Crippen LogP contribution in [0.25, 0.3) is 0 Å². The van der Waals surface area contributed by atoms with Gasteiger partial charge < -0.3 is 10.5 Å². The van der Waals surface area contributed by atoms with Crippen LogP contribution in [-0.4, -0.2) is 19.7 Å². The molecule has 0 atom stereocenters. The van der Waals surface area contributed by atoms with Gasteiger partial charge in [0, 0.05) is 13.1 Å². The van der Waals surface area contributed by atoms with Gasteiger partial charge in [0.05, 0.1) is 5.69 Å². The average Bonchev–Trinajstić information content (AvgIpc) is 2.45. The summed E-state index contributed by atoms with van der Waals surface area (Å²) in [7, 11) is 1.86. The Balaban J connectivity index is 2.34. The van der Waals surface area contributed by atoms with Gasteiger partial charge >= 0.3 is 0 Å². The molecule has 0 spiro atoms. The minimum atomic E-state index is 0.379. The smallest absolute Gasteiger partial charge is 0.224 e. The van der Waals surface area contributed by atoms with Crippen molar-refractivity contribution in [2.24, 2.45) is 7.05 Å². The Morgan fingerprint density at radius 1 is 1.31 bits per heavy atom. The summed E-state index contributed by atoms with van der Waals surface area (Å²) in [6.07, 6.45) is 1.37. The molecule has 0 aliphatic carbocycles. The summed E-state index contributed by atoms with van der Waals surface area (Å²) < 4.78 is 7.39. The highest BCUT2D eigenvalue weighted by Crippen LogP contribution is 2.26. The lowest BCUT2D eigenvalue weighted by Gasteiger charge is -2.04. The number of ether oxygens (including phenoxy) is 1. The lowest BCUT2D eigenvalue weighted by atomic mass is 10.3. The van der Waals surface area contributed by atoms with Crippen molar-refractivity contribution in [1.82, 2.24) is 19.7 Å². The Morgan fingerprint density at radius 2 is 2.06 bits per heavy atom. The molecule has 0 aliphatic rings. The molecule has 0 fully saturated rings. The summed E-state index contributed by atoms with van der Waals surface area (Å²) in [6.45, 7) is 3.81. The van der Waals surface area contributed by atoms with E-state index in [1.807, 2.05) is 20.9 Å². The topological polar surface area (TPSA) is 78.9 Å². The summed E-state index contributed by atoms with van der Waals surface area (Å²) in [5.74, 6) is 1.51. The molecule has 0 radical (unpaired) electrons. The summed E-state index contributed by atoms with van der Waals surface area (Å²) in [4.78, 5) is 7.77. The van der Waals surface area contributed by atoms with E-state index in [-0.39, 0.29) is 0 Å². The van der Waals surface area contributed by atoms with Gasteiger partial charge in [-0.05, 0) is 13.8 Å². The van der Waals surface area contributed by atoms with E-state index in [1.54, 1.807) is 10.7 Å². The summed E-state index contributed by atoms with van der Waals surface area (Å²) in [5.41, 5.74) is 7.30. The Kier molecular flexibility index (Phi) is 2.47. The zero-order valence-electron chi connectivity index (χ0n) is 9.43. The van der Waals surface area contributed by atoms with Crippen LogP contribution < -0.4 is 10.5 Å². The molecule has 16 heavy (non-hydrogen) atoms. The van der Waals surface area contributed by atoms with Crippen LogP contribution in [0.15, 0.2) is 12.4 Å². The van der Waals surface area contributed by atoms with E-state index in [4.69, 9.17) is 10.5 Å². The van der Waals surface area contributed by atoms with Crippen LogP contribution in [0.2, 0.25) is 0 Å². The first-order valence-electron chi connectivity index (χ1n) is 4.83. The van der Waals surface area contributed by atoms with Gasteiger partial charge in [-0.2, -0.15) is 5.10 Å². The zero-order valence-corrected chi connectivity index (χ0v) is 9.43. The Morgan fingerprint density at radius 3 is 2.62 bits per heavy atom. The van der Waals surface area contributed by atoms with E-state index in [9.17, 15) is 0 Å². The van der Waals surface area contributed by atoms with Gasteiger partial charge in [-0.25, -0.2) is 9.97 Å². The van der Waals surface area contributed by atoms with E-state index in [1.165, 1.54) is 6.33 Å². The lowest BCUT2D eigenvalue weighted by molar-refractivity contribution is 0.454. The molecule has 0 amide bonds. The molecule has 2 aromatic heterocycles. The van der Waals surface area contributed by atoms with Crippen molar-refractivity contribution < 1.29 is 4.74 Å². The number of aryl methyl sites for hydroxylation is 2. The second-order valence-corrected chi connectivity index (χ2v) is 3.51. The number of nitrogens with zero attached hydrogens (tertiary/aromatic N) is 4. The predicted octanol–water partition coefficient (Wildman–Crippen LogP) is 1.20. The quantitative estimate of drug-likeness (QED) is 0.821. The number of hydrogen-bond donors (Lipinski definition) is 1. The number of aromatic nitrogens is 4. The third kappa shape index (κ3) is 1.81. The van der Waals surface area contributed by atoms with Crippen molar-refractivity contribution in [2.45, 2.75) is 13.8 Å². The third-order valence-corrected chi connectivity index (χ3v) is 2.31. The van der Waals surface area contributed by atoms with E-state index >= 15 is 0 Å². The molecule has 6 heteroatoms. The SMILES string of the molecule is Cc1nn(C)c(C)c1Oc1cc(N)ncn1. The average molecular weight is 219 g/mol. The standard InChI is InChI=1S/C10H13N5O/c1-6-10(7(2)15(3)14-6)16-9-4-8(11)12-5-13-9/h4-5H,1-3H3,(H2,11,12,13). The second-order valence-electron chi connectivity index (χ2n) is 3.51. The normalized spacial score (nSPS) is 10.4. The van der Waals surface area contributed by atoms with Crippen molar-refractivity contribution in [2.75, 3.05) is 5.73 Å². The van der Waals surface area contributed by atoms with Crippen LogP contribution in [0.3, 0.4) is 0 Å². The second kappa shape index (κ2) is 3.80. The fourth-order valence-corrected chi connectivity index (χ4v) is 1.42. The van der Waals surface area contributed by atoms with E-state index in [0.29, 0.717) is 17.4 Å². The molecule has 2 aromatic rings. The summed E-state index contributed by atoms with van der Waals surface area (Å²) in [6, 6.07) is 1.58. The highest BCUT2D eigenvalue weighted by atomic mass is 16.5. The van der Waals surface area contributed by atoms with Crippen LogP contribution in [0.5, 0.6) is 11.6 Å². The molecule has 0 aliphatic heterocycles. The van der Waals surface area contributed by atoms with Crippen molar-refractivity contribution in [3.8, 4) is 11.6 Å². The fraction of sp³-hybridized carbons (Fsp3) is 0.300. The summed E-state index contributed by atoms with van der Waals surface area (Å²) in [5, 5.41) is 4.25. The third-order valence-electron chi connectivity index (χ3n) is 2.31. The van der Waals surface area contributed by atoms with Crippen LogP contribution in [0.1, 0.15) is 11.4 Å². The van der Waals surface area contributed by atoms with E-state index < -0.39 is 0 Å².